The van der Waals surface area contributed by atoms with Gasteiger partial charge in [-0.3, -0.25) is 4.79 Å². The molecule has 7 heteroatoms. The number of hydrogen-bond acceptors (Lipinski definition) is 4. The van der Waals surface area contributed by atoms with Crippen molar-refractivity contribution in [2.24, 2.45) is 0 Å². The topological polar surface area (TPSA) is 54.5 Å². The molecule has 1 rings (SSSR count). The molecule has 0 aliphatic carbocycles. The Morgan fingerprint density at radius 2 is 2.17 bits per heavy atom. The zero-order valence-corrected chi connectivity index (χ0v) is 13.0. The van der Waals surface area contributed by atoms with Crippen LogP contribution >= 0.6 is 23.4 Å². The van der Waals surface area contributed by atoms with Crippen molar-refractivity contribution >= 4 is 39.1 Å². The zero-order valence-electron chi connectivity index (χ0n) is 10.6. The van der Waals surface area contributed by atoms with Gasteiger partial charge >= 0.3 is 0 Å². The summed E-state index contributed by atoms with van der Waals surface area (Å²) in [5.74, 6) is 1.89. The van der Waals surface area contributed by atoms with E-state index >= 15 is 0 Å². The first-order chi connectivity index (χ1) is 8.53. The van der Waals surface area contributed by atoms with E-state index in [9.17, 15) is 13.2 Å². The Morgan fingerprint density at radius 3 is 2.78 bits per heavy atom. The average molecular weight is 314 g/mol. The Hall–Kier alpha value is 0.0600. The van der Waals surface area contributed by atoms with Crippen LogP contribution in [0.1, 0.15) is 26.2 Å². The lowest BCUT2D eigenvalue weighted by Crippen LogP contribution is -2.50. The summed E-state index contributed by atoms with van der Waals surface area (Å²) in [6.07, 6.45) is 1.92. The van der Waals surface area contributed by atoms with E-state index in [4.69, 9.17) is 11.6 Å². The molecule has 1 fully saturated rings. The van der Waals surface area contributed by atoms with E-state index in [0.29, 0.717) is 24.6 Å². The Bertz CT molecular complexity index is 372. The van der Waals surface area contributed by atoms with Crippen molar-refractivity contribution < 1.29 is 13.2 Å². The third-order valence-electron chi connectivity index (χ3n) is 3.00. The van der Waals surface area contributed by atoms with Gasteiger partial charge in [-0.1, -0.05) is 6.92 Å². The lowest BCUT2D eigenvalue weighted by Gasteiger charge is -2.34. The number of halogens is 1. The molecule has 1 amide bonds. The number of alkyl halides is 1. The minimum atomic E-state index is -3.19. The number of sulfone groups is 1. The Balaban J connectivity index is 2.67. The van der Waals surface area contributed by atoms with E-state index in [1.54, 1.807) is 23.6 Å². The van der Waals surface area contributed by atoms with Gasteiger partial charge in [-0.2, -0.15) is 11.8 Å². The van der Waals surface area contributed by atoms with Crippen LogP contribution in [0.3, 0.4) is 0 Å². The molecular weight excluding hydrogens is 294 g/mol. The summed E-state index contributed by atoms with van der Waals surface area (Å²) in [6, 6.07) is 0. The maximum Gasteiger partial charge on any atom is 0.223 e. The van der Waals surface area contributed by atoms with E-state index in [-0.39, 0.29) is 11.7 Å². The second-order valence-electron chi connectivity index (χ2n) is 4.21. The number of amides is 1. The maximum absolute atomic E-state index is 12.1. The molecule has 1 heterocycles. The lowest BCUT2D eigenvalue weighted by molar-refractivity contribution is -0.131. The van der Waals surface area contributed by atoms with Crippen LogP contribution in [-0.4, -0.2) is 54.3 Å². The van der Waals surface area contributed by atoms with Crippen LogP contribution in [0.25, 0.3) is 0 Å². The molecule has 1 unspecified atom stereocenters. The summed E-state index contributed by atoms with van der Waals surface area (Å²) in [7, 11) is -3.19. The van der Waals surface area contributed by atoms with E-state index in [0.717, 1.165) is 18.6 Å². The van der Waals surface area contributed by atoms with Crippen LogP contribution in [0, 0.1) is 0 Å². The molecule has 4 nitrogen and oxygen atoms in total. The van der Waals surface area contributed by atoms with Crippen LogP contribution in [0.15, 0.2) is 0 Å². The van der Waals surface area contributed by atoms with Crippen molar-refractivity contribution in [2.45, 2.75) is 31.6 Å². The summed E-state index contributed by atoms with van der Waals surface area (Å²) in [5.41, 5.74) is 0. The molecule has 0 aromatic heterocycles. The largest absolute Gasteiger partial charge is 0.324 e. The van der Waals surface area contributed by atoms with Crippen LogP contribution < -0.4 is 0 Å². The van der Waals surface area contributed by atoms with Crippen LogP contribution in [0.4, 0.5) is 0 Å². The highest BCUT2D eigenvalue weighted by molar-refractivity contribution is 8.01. The van der Waals surface area contributed by atoms with Crippen molar-refractivity contribution in [3.05, 3.63) is 0 Å². The van der Waals surface area contributed by atoms with E-state index in [1.807, 2.05) is 0 Å². The van der Waals surface area contributed by atoms with Crippen molar-refractivity contribution in [3.63, 3.8) is 0 Å². The van der Waals surface area contributed by atoms with Gasteiger partial charge in [-0.15, -0.1) is 11.6 Å². The molecule has 0 saturated carbocycles. The van der Waals surface area contributed by atoms with Crippen molar-refractivity contribution in [2.75, 3.05) is 29.7 Å². The van der Waals surface area contributed by atoms with Crippen molar-refractivity contribution in [1.82, 2.24) is 4.90 Å². The third-order valence-corrected chi connectivity index (χ3v) is 6.55. The van der Waals surface area contributed by atoms with Gasteiger partial charge < -0.3 is 4.90 Å². The lowest BCUT2D eigenvalue weighted by atomic mass is 10.2. The molecule has 0 aromatic carbocycles. The molecule has 0 aromatic rings. The second-order valence-corrected chi connectivity index (χ2v) is 8.19. The highest BCUT2D eigenvalue weighted by Crippen LogP contribution is 2.22. The molecular formula is C11H20ClNO3S2. The summed E-state index contributed by atoms with van der Waals surface area (Å²) < 4.78 is 23.9. The zero-order chi connectivity index (χ0) is 13.6. The number of nitrogens with zero attached hydrogens (tertiary/aromatic N) is 1. The molecule has 0 spiro atoms. The standard InChI is InChI=1S/C11H20ClNO3S2/c1-2-18(15,16)11-9-17-8-7-13(11)10(14)5-3-4-6-12/h11H,2-9H2,1H3. The fourth-order valence-electron chi connectivity index (χ4n) is 1.87. The van der Waals surface area contributed by atoms with Gasteiger partial charge in [-0.05, 0) is 12.8 Å². The normalized spacial score (nSPS) is 21.0. The molecule has 18 heavy (non-hydrogen) atoms. The first kappa shape index (κ1) is 16.1. The average Bonchev–Trinajstić information content (AvgIpc) is 2.39. The number of rotatable bonds is 6. The summed E-state index contributed by atoms with van der Waals surface area (Å²) in [6.45, 7) is 2.17. The molecule has 1 atom stereocenters. The van der Waals surface area contributed by atoms with E-state index in [2.05, 4.69) is 0 Å². The highest BCUT2D eigenvalue weighted by Gasteiger charge is 2.35. The van der Waals surface area contributed by atoms with Gasteiger partial charge in [0.25, 0.3) is 0 Å². The van der Waals surface area contributed by atoms with Crippen LogP contribution in [0.5, 0.6) is 0 Å². The van der Waals surface area contributed by atoms with Gasteiger partial charge in [-0.25, -0.2) is 8.42 Å². The first-order valence-electron chi connectivity index (χ1n) is 6.17. The smallest absolute Gasteiger partial charge is 0.223 e. The molecule has 1 aliphatic heterocycles. The molecule has 0 radical (unpaired) electrons. The van der Waals surface area contributed by atoms with Crippen molar-refractivity contribution in [1.29, 1.82) is 0 Å². The third kappa shape index (κ3) is 4.31. The van der Waals surface area contributed by atoms with Crippen LogP contribution in [0.2, 0.25) is 0 Å². The molecule has 1 aliphatic rings. The SMILES string of the molecule is CCS(=O)(=O)C1CSCCN1C(=O)CCCCCl. The van der Waals surface area contributed by atoms with Gasteiger partial charge in [0, 0.05) is 36.1 Å². The minimum Gasteiger partial charge on any atom is -0.324 e. The number of carbonyl (C=O) groups excluding carboxylic acids is 1. The second kappa shape index (κ2) is 7.60. The number of hydrogen-bond donors (Lipinski definition) is 0. The Kier molecular flexibility index (Phi) is 6.81. The fraction of sp³-hybridized carbons (Fsp3) is 0.909. The molecule has 106 valence electrons. The predicted octanol–water partition coefficient (Wildman–Crippen LogP) is 1.73. The predicted molar refractivity (Wildman–Crippen MR) is 76.9 cm³/mol. The Morgan fingerprint density at radius 1 is 1.44 bits per heavy atom. The minimum absolute atomic E-state index is 0.0533. The first-order valence-corrected chi connectivity index (χ1v) is 9.58. The fourth-order valence-corrected chi connectivity index (χ4v) is 5.05. The van der Waals surface area contributed by atoms with Gasteiger partial charge in [0.1, 0.15) is 5.37 Å². The summed E-state index contributed by atoms with van der Waals surface area (Å²) in [5, 5.41) is -0.634. The molecule has 1 saturated heterocycles. The summed E-state index contributed by atoms with van der Waals surface area (Å²) >= 11 is 7.17. The Labute approximate surface area is 118 Å². The maximum atomic E-state index is 12.1. The number of thioether (sulfide) groups is 1. The van der Waals surface area contributed by atoms with Gasteiger partial charge in [0.2, 0.25) is 5.91 Å². The molecule has 0 N–H and O–H groups in total. The van der Waals surface area contributed by atoms with Crippen molar-refractivity contribution in [3.8, 4) is 0 Å². The summed E-state index contributed by atoms with van der Waals surface area (Å²) in [4.78, 5) is 13.6. The van der Waals surface area contributed by atoms with Gasteiger partial charge in [0.05, 0.1) is 0 Å². The quantitative estimate of drug-likeness (QED) is 0.553. The monoisotopic (exact) mass is 313 g/mol. The van der Waals surface area contributed by atoms with E-state index < -0.39 is 15.2 Å². The number of carbonyl (C=O) groups is 1. The van der Waals surface area contributed by atoms with Crippen LogP contribution in [-0.2, 0) is 14.6 Å². The van der Waals surface area contributed by atoms with Gasteiger partial charge in [0.15, 0.2) is 9.84 Å². The number of unbranched alkanes of at least 4 members (excludes halogenated alkanes) is 1. The van der Waals surface area contributed by atoms with E-state index in [1.165, 1.54) is 0 Å². The highest BCUT2D eigenvalue weighted by atomic mass is 35.5. The molecule has 0 bridgehead atoms.